The normalized spacial score (nSPS) is 12.1. The summed E-state index contributed by atoms with van der Waals surface area (Å²) in [4.78, 5) is 12.1. The molecular formula is C16H16ClN5O. The number of urea groups is 1. The van der Waals surface area contributed by atoms with E-state index >= 15 is 0 Å². The molecule has 1 unspecified atom stereocenters. The third-order valence-corrected chi connectivity index (χ3v) is 3.91. The highest BCUT2D eigenvalue weighted by molar-refractivity contribution is 6.31. The molecule has 118 valence electrons. The summed E-state index contributed by atoms with van der Waals surface area (Å²) in [6.07, 6.45) is 1.86. The first-order valence-electron chi connectivity index (χ1n) is 7.18. The number of hydrogen-bond donors (Lipinski definition) is 2. The van der Waals surface area contributed by atoms with Crippen molar-refractivity contribution in [2.24, 2.45) is 0 Å². The van der Waals surface area contributed by atoms with Crippen LogP contribution < -0.4 is 10.6 Å². The fraction of sp³-hybridized carbons (Fsp3) is 0.188. The van der Waals surface area contributed by atoms with Gasteiger partial charge in [-0.15, -0.1) is 10.2 Å². The summed E-state index contributed by atoms with van der Waals surface area (Å²) < 4.78 is 1.84. The third-order valence-electron chi connectivity index (χ3n) is 3.50. The topological polar surface area (TPSA) is 71.3 Å². The Balaban J connectivity index is 1.70. The van der Waals surface area contributed by atoms with E-state index in [0.717, 1.165) is 11.2 Å². The zero-order chi connectivity index (χ0) is 16.4. The number of halogens is 1. The number of benzene rings is 1. The lowest BCUT2D eigenvalue weighted by Gasteiger charge is -2.13. The number of carbonyl (C=O) groups excluding carboxylic acids is 1. The van der Waals surface area contributed by atoms with Gasteiger partial charge < -0.3 is 10.6 Å². The van der Waals surface area contributed by atoms with Crippen molar-refractivity contribution in [1.29, 1.82) is 0 Å². The lowest BCUT2D eigenvalue weighted by atomic mass is 10.2. The first-order valence-corrected chi connectivity index (χ1v) is 7.56. The first-order chi connectivity index (χ1) is 11.0. The summed E-state index contributed by atoms with van der Waals surface area (Å²) in [5, 5.41) is 14.4. The van der Waals surface area contributed by atoms with Crippen LogP contribution in [0.2, 0.25) is 5.02 Å². The summed E-state index contributed by atoms with van der Waals surface area (Å²) in [7, 11) is 0. The molecule has 0 radical (unpaired) electrons. The van der Waals surface area contributed by atoms with Gasteiger partial charge in [-0.25, -0.2) is 4.79 Å². The minimum absolute atomic E-state index is 0.298. The highest BCUT2D eigenvalue weighted by atomic mass is 35.5. The summed E-state index contributed by atoms with van der Waals surface area (Å²) in [5.41, 5.74) is 2.33. The van der Waals surface area contributed by atoms with Crippen molar-refractivity contribution in [3.8, 4) is 0 Å². The molecule has 0 saturated carbocycles. The predicted molar refractivity (Wildman–Crippen MR) is 89.7 cm³/mol. The molecule has 23 heavy (non-hydrogen) atoms. The Morgan fingerprint density at radius 1 is 1.26 bits per heavy atom. The number of rotatable bonds is 3. The van der Waals surface area contributed by atoms with Crippen LogP contribution in [0.3, 0.4) is 0 Å². The maximum absolute atomic E-state index is 12.1. The van der Waals surface area contributed by atoms with Crippen molar-refractivity contribution < 1.29 is 4.79 Å². The van der Waals surface area contributed by atoms with Crippen LogP contribution in [0.25, 0.3) is 5.65 Å². The number of amides is 2. The molecule has 0 bridgehead atoms. The Morgan fingerprint density at radius 3 is 2.87 bits per heavy atom. The van der Waals surface area contributed by atoms with Crippen LogP contribution in [0.4, 0.5) is 10.5 Å². The van der Waals surface area contributed by atoms with Crippen LogP contribution in [0.5, 0.6) is 0 Å². The van der Waals surface area contributed by atoms with Crippen LogP contribution in [-0.4, -0.2) is 20.6 Å². The number of hydrogen-bond acceptors (Lipinski definition) is 3. The minimum Gasteiger partial charge on any atom is -0.328 e. The van der Waals surface area contributed by atoms with E-state index in [9.17, 15) is 4.79 Å². The lowest BCUT2D eigenvalue weighted by Crippen LogP contribution is -2.32. The van der Waals surface area contributed by atoms with E-state index in [1.165, 1.54) is 0 Å². The molecule has 2 heterocycles. The number of pyridine rings is 1. The van der Waals surface area contributed by atoms with Crippen molar-refractivity contribution in [3.63, 3.8) is 0 Å². The van der Waals surface area contributed by atoms with Crippen LogP contribution in [0.1, 0.15) is 24.4 Å². The summed E-state index contributed by atoms with van der Waals surface area (Å²) in [5.74, 6) is 0.665. The third kappa shape index (κ3) is 3.27. The van der Waals surface area contributed by atoms with Gasteiger partial charge in [-0.3, -0.25) is 4.40 Å². The number of aromatic nitrogens is 3. The molecule has 2 amide bonds. The molecule has 3 aromatic rings. The van der Waals surface area contributed by atoms with E-state index in [-0.39, 0.29) is 12.1 Å². The van der Waals surface area contributed by atoms with Crippen LogP contribution in [-0.2, 0) is 0 Å². The average molecular weight is 330 g/mol. The van der Waals surface area contributed by atoms with Crippen LogP contribution >= 0.6 is 11.6 Å². The molecular weight excluding hydrogens is 314 g/mol. The number of nitrogens with one attached hydrogen (secondary N) is 2. The van der Waals surface area contributed by atoms with Gasteiger partial charge >= 0.3 is 6.03 Å². The molecule has 2 N–H and O–H groups in total. The second-order valence-electron chi connectivity index (χ2n) is 5.27. The second-order valence-corrected chi connectivity index (χ2v) is 5.68. The number of nitrogens with zero attached hydrogens (tertiary/aromatic N) is 3. The molecule has 0 aliphatic rings. The SMILES string of the molecule is Cc1ccc(NC(=O)NC(C)c2nnc3ccccn23)cc1Cl. The highest BCUT2D eigenvalue weighted by Gasteiger charge is 2.15. The molecule has 0 aliphatic carbocycles. The maximum Gasteiger partial charge on any atom is 0.319 e. The Bertz CT molecular complexity index is 861. The van der Waals surface area contributed by atoms with Gasteiger partial charge in [0.1, 0.15) is 0 Å². The van der Waals surface area contributed by atoms with Crippen LogP contribution in [0, 0.1) is 6.92 Å². The molecule has 2 aromatic heterocycles. The monoisotopic (exact) mass is 329 g/mol. The minimum atomic E-state index is -0.329. The molecule has 7 heteroatoms. The van der Waals surface area contributed by atoms with Gasteiger partial charge in [-0.1, -0.05) is 23.7 Å². The summed E-state index contributed by atoms with van der Waals surface area (Å²) >= 11 is 6.06. The van der Waals surface area contributed by atoms with Gasteiger partial charge in [0.2, 0.25) is 0 Å². The molecule has 0 saturated heterocycles. The van der Waals surface area contributed by atoms with E-state index in [0.29, 0.717) is 16.5 Å². The maximum atomic E-state index is 12.1. The van der Waals surface area contributed by atoms with E-state index in [2.05, 4.69) is 20.8 Å². The second kappa shape index (κ2) is 6.26. The number of aryl methyl sites for hydroxylation is 1. The van der Waals surface area contributed by atoms with E-state index in [1.54, 1.807) is 12.1 Å². The summed E-state index contributed by atoms with van der Waals surface area (Å²) in [6, 6.07) is 10.4. The Kier molecular flexibility index (Phi) is 4.16. The van der Waals surface area contributed by atoms with Crippen molar-refractivity contribution in [2.45, 2.75) is 19.9 Å². The molecule has 3 rings (SSSR count). The molecule has 0 fully saturated rings. The number of anilines is 1. The Labute approximate surface area is 138 Å². The molecule has 1 atom stereocenters. The van der Waals surface area contributed by atoms with E-state index in [4.69, 9.17) is 11.6 Å². The van der Waals surface area contributed by atoms with Gasteiger partial charge in [-0.05, 0) is 43.7 Å². The molecule has 0 spiro atoms. The predicted octanol–water partition coefficient (Wildman–Crippen LogP) is 3.57. The lowest BCUT2D eigenvalue weighted by molar-refractivity contribution is 0.249. The summed E-state index contributed by atoms with van der Waals surface area (Å²) in [6.45, 7) is 3.76. The first kappa shape index (κ1) is 15.3. The molecule has 0 aliphatic heterocycles. The number of fused-ring (bicyclic) bond motifs is 1. The van der Waals surface area contributed by atoms with Crippen molar-refractivity contribution in [3.05, 3.63) is 59.0 Å². The van der Waals surface area contributed by atoms with Gasteiger partial charge in [-0.2, -0.15) is 0 Å². The van der Waals surface area contributed by atoms with Crippen molar-refractivity contribution >= 4 is 29.0 Å². The van der Waals surface area contributed by atoms with Crippen molar-refractivity contribution in [1.82, 2.24) is 19.9 Å². The highest BCUT2D eigenvalue weighted by Crippen LogP contribution is 2.20. The fourth-order valence-corrected chi connectivity index (χ4v) is 2.43. The molecule has 1 aromatic carbocycles. The van der Waals surface area contributed by atoms with Gasteiger partial charge in [0, 0.05) is 16.9 Å². The van der Waals surface area contributed by atoms with E-state index < -0.39 is 0 Å². The molecule has 6 nitrogen and oxygen atoms in total. The quantitative estimate of drug-likeness (QED) is 0.771. The van der Waals surface area contributed by atoms with Gasteiger partial charge in [0.15, 0.2) is 11.5 Å². The van der Waals surface area contributed by atoms with E-state index in [1.807, 2.05) is 48.7 Å². The zero-order valence-corrected chi connectivity index (χ0v) is 13.5. The van der Waals surface area contributed by atoms with Crippen LogP contribution in [0.15, 0.2) is 42.6 Å². The average Bonchev–Trinajstić information content (AvgIpc) is 2.95. The van der Waals surface area contributed by atoms with Gasteiger partial charge in [0.05, 0.1) is 6.04 Å². The smallest absolute Gasteiger partial charge is 0.319 e. The Morgan fingerprint density at radius 2 is 2.09 bits per heavy atom. The standard InChI is InChI=1S/C16H16ClN5O/c1-10-6-7-12(9-13(10)17)19-16(23)18-11(2)15-21-20-14-5-3-4-8-22(14)15/h3-9,11H,1-2H3,(H2,18,19,23). The fourth-order valence-electron chi connectivity index (χ4n) is 2.25. The zero-order valence-electron chi connectivity index (χ0n) is 12.7. The Hall–Kier alpha value is -2.60. The largest absolute Gasteiger partial charge is 0.328 e. The van der Waals surface area contributed by atoms with Crippen molar-refractivity contribution in [2.75, 3.05) is 5.32 Å². The van der Waals surface area contributed by atoms with Gasteiger partial charge in [0.25, 0.3) is 0 Å². The number of carbonyl (C=O) groups is 1.